The van der Waals surface area contributed by atoms with Gasteiger partial charge in [-0.1, -0.05) is 60.7 Å². The number of methoxy groups -OCH3 is 1. The topological polar surface area (TPSA) is 52.4 Å². The van der Waals surface area contributed by atoms with Crippen LogP contribution in [0.4, 0.5) is 5.69 Å². The van der Waals surface area contributed by atoms with Crippen molar-refractivity contribution in [3.8, 4) is 5.75 Å². The van der Waals surface area contributed by atoms with Gasteiger partial charge in [0.1, 0.15) is 23.2 Å². The van der Waals surface area contributed by atoms with E-state index >= 15 is 0 Å². The number of nitro groups is 1. The van der Waals surface area contributed by atoms with Gasteiger partial charge in [0.25, 0.3) is 0 Å². The molecule has 0 saturated carbocycles. The molecule has 0 saturated heterocycles. The van der Waals surface area contributed by atoms with Crippen LogP contribution in [0.1, 0.15) is 5.56 Å². The molecule has 4 aromatic carbocycles. The lowest BCUT2D eigenvalue weighted by molar-refractivity contribution is -0.385. The fourth-order valence-electron chi connectivity index (χ4n) is 4.21. The van der Waals surface area contributed by atoms with Gasteiger partial charge < -0.3 is 4.74 Å². The molecule has 32 heavy (non-hydrogen) atoms. The summed E-state index contributed by atoms with van der Waals surface area (Å²) >= 11 is 0. The highest BCUT2D eigenvalue weighted by atomic mass is 31.2. The second kappa shape index (κ2) is 9.76. The molecule has 0 bridgehead atoms. The molecule has 0 aliphatic rings. The summed E-state index contributed by atoms with van der Waals surface area (Å²) in [7, 11) is -0.520. The van der Waals surface area contributed by atoms with Gasteiger partial charge in [0.15, 0.2) is 5.75 Å². The monoisotopic (exact) mass is 442 g/mol. The molecule has 4 aromatic rings. The number of hydrogen-bond donors (Lipinski definition) is 0. The zero-order chi connectivity index (χ0) is 22.4. The lowest BCUT2D eigenvalue weighted by atomic mass is 10.1. The standard InChI is InChI=1S/C27H25NO3P/c1-31-27-18-17-22(21-26(27)28(29)30)19-20-32(23-11-5-2-6-12-23,24-13-7-3-8-14-24)25-15-9-4-10-16-25/h2-18,21H,19-20H2,1H3/q+1. The first-order valence-corrected chi connectivity index (χ1v) is 12.5. The van der Waals surface area contributed by atoms with Gasteiger partial charge in [-0.05, 0) is 48.0 Å². The Labute approximate surface area is 189 Å². The van der Waals surface area contributed by atoms with Gasteiger partial charge >= 0.3 is 5.69 Å². The molecule has 0 fully saturated rings. The van der Waals surface area contributed by atoms with Crippen LogP contribution in [-0.2, 0) is 6.42 Å². The smallest absolute Gasteiger partial charge is 0.311 e. The molecular formula is C27H25NO3P+. The number of ether oxygens (including phenoxy) is 1. The fourth-order valence-corrected chi connectivity index (χ4v) is 8.52. The van der Waals surface area contributed by atoms with Crippen molar-refractivity contribution in [2.45, 2.75) is 6.42 Å². The Hall–Kier alpha value is -3.49. The molecule has 0 heterocycles. The summed E-state index contributed by atoms with van der Waals surface area (Å²) in [6.07, 6.45) is 1.59. The summed E-state index contributed by atoms with van der Waals surface area (Å²) in [5.41, 5.74) is 0.942. The van der Waals surface area contributed by atoms with Crippen molar-refractivity contribution in [1.82, 2.24) is 0 Å². The molecule has 0 aromatic heterocycles. The quantitative estimate of drug-likeness (QED) is 0.216. The van der Waals surface area contributed by atoms with Gasteiger partial charge in [-0.15, -0.1) is 0 Å². The fraction of sp³-hybridized carbons (Fsp3) is 0.111. The molecule has 0 aliphatic carbocycles. The Bertz CT molecular complexity index is 1080. The molecule has 5 heteroatoms. The van der Waals surface area contributed by atoms with Gasteiger partial charge in [0, 0.05) is 12.5 Å². The summed E-state index contributed by atoms with van der Waals surface area (Å²) in [4.78, 5) is 11.2. The third-order valence-corrected chi connectivity index (χ3v) is 10.2. The van der Waals surface area contributed by atoms with Crippen molar-refractivity contribution in [1.29, 1.82) is 0 Å². The normalized spacial score (nSPS) is 11.2. The van der Waals surface area contributed by atoms with E-state index < -0.39 is 7.26 Å². The van der Waals surface area contributed by atoms with E-state index in [2.05, 4.69) is 72.8 Å². The van der Waals surface area contributed by atoms with Crippen LogP contribution in [0.25, 0.3) is 0 Å². The van der Waals surface area contributed by atoms with Gasteiger partial charge in [-0.2, -0.15) is 0 Å². The van der Waals surface area contributed by atoms with E-state index in [4.69, 9.17) is 4.74 Å². The van der Waals surface area contributed by atoms with Crippen molar-refractivity contribution in [3.63, 3.8) is 0 Å². The summed E-state index contributed by atoms with van der Waals surface area (Å²) < 4.78 is 5.18. The summed E-state index contributed by atoms with van der Waals surface area (Å²) in [5.74, 6) is 0.286. The molecule has 4 rings (SSSR count). The first kappa shape index (κ1) is 21.7. The van der Waals surface area contributed by atoms with Crippen LogP contribution >= 0.6 is 7.26 Å². The largest absolute Gasteiger partial charge is 0.490 e. The average molecular weight is 442 g/mol. The number of nitro benzene ring substituents is 1. The van der Waals surface area contributed by atoms with Crippen LogP contribution < -0.4 is 20.7 Å². The number of aryl methyl sites for hydroxylation is 1. The van der Waals surface area contributed by atoms with Crippen molar-refractivity contribution >= 4 is 28.9 Å². The molecule has 0 spiro atoms. The van der Waals surface area contributed by atoms with E-state index in [9.17, 15) is 10.1 Å². The third kappa shape index (κ3) is 4.28. The van der Waals surface area contributed by atoms with E-state index in [1.807, 2.05) is 24.3 Å². The summed E-state index contributed by atoms with van der Waals surface area (Å²) in [5, 5.41) is 15.4. The van der Waals surface area contributed by atoms with Gasteiger partial charge in [0.2, 0.25) is 0 Å². The van der Waals surface area contributed by atoms with Gasteiger partial charge in [-0.3, -0.25) is 10.1 Å². The second-order valence-corrected chi connectivity index (χ2v) is 11.2. The highest BCUT2D eigenvalue weighted by molar-refractivity contribution is 7.95. The second-order valence-electron chi connectivity index (χ2n) is 7.55. The van der Waals surface area contributed by atoms with Crippen LogP contribution in [0.3, 0.4) is 0 Å². The molecule has 0 unspecified atom stereocenters. The Kier molecular flexibility index (Phi) is 6.63. The van der Waals surface area contributed by atoms with Crippen molar-refractivity contribution in [2.24, 2.45) is 0 Å². The number of hydrogen-bond acceptors (Lipinski definition) is 3. The third-order valence-electron chi connectivity index (χ3n) is 5.77. The first-order valence-electron chi connectivity index (χ1n) is 10.5. The Balaban J connectivity index is 1.84. The highest BCUT2D eigenvalue weighted by Gasteiger charge is 2.44. The van der Waals surface area contributed by atoms with Crippen LogP contribution in [0.5, 0.6) is 5.75 Å². The maximum Gasteiger partial charge on any atom is 0.311 e. The lowest BCUT2D eigenvalue weighted by Gasteiger charge is -2.27. The Morgan fingerprint density at radius 3 is 1.62 bits per heavy atom. The molecule has 160 valence electrons. The zero-order valence-electron chi connectivity index (χ0n) is 17.9. The maximum absolute atomic E-state index is 11.5. The van der Waals surface area contributed by atoms with Crippen LogP contribution in [0.15, 0.2) is 109 Å². The number of nitrogens with zero attached hydrogens (tertiary/aromatic N) is 1. The lowest BCUT2D eigenvalue weighted by Crippen LogP contribution is -2.34. The van der Waals surface area contributed by atoms with E-state index in [0.29, 0.717) is 0 Å². The molecule has 0 amide bonds. The highest BCUT2D eigenvalue weighted by Crippen LogP contribution is 2.55. The molecule has 0 atom stereocenters. The number of rotatable bonds is 8. The van der Waals surface area contributed by atoms with E-state index in [1.54, 1.807) is 12.1 Å². The Morgan fingerprint density at radius 1 is 0.750 bits per heavy atom. The minimum Gasteiger partial charge on any atom is -0.490 e. The minimum atomic E-state index is -1.98. The van der Waals surface area contributed by atoms with Crippen molar-refractivity contribution in [2.75, 3.05) is 13.3 Å². The van der Waals surface area contributed by atoms with E-state index in [-0.39, 0.29) is 16.4 Å². The Morgan fingerprint density at radius 2 is 1.22 bits per heavy atom. The first-order chi connectivity index (χ1) is 15.6. The SMILES string of the molecule is COc1ccc(CC[P+](c2ccccc2)(c2ccccc2)c2ccccc2)cc1[N+](=O)[O-]. The van der Waals surface area contributed by atoms with Crippen LogP contribution in [0, 0.1) is 10.1 Å². The zero-order valence-corrected chi connectivity index (χ0v) is 18.8. The summed E-state index contributed by atoms with van der Waals surface area (Å²) in [6, 6.07) is 37.2. The predicted molar refractivity (Wildman–Crippen MR) is 133 cm³/mol. The van der Waals surface area contributed by atoms with Gasteiger partial charge in [-0.25, -0.2) is 0 Å². The molecule has 0 aliphatic heterocycles. The van der Waals surface area contributed by atoms with E-state index in [1.165, 1.54) is 23.0 Å². The molecule has 0 radical (unpaired) electrons. The van der Waals surface area contributed by atoms with Crippen LogP contribution in [-0.4, -0.2) is 18.2 Å². The average Bonchev–Trinajstić information content (AvgIpc) is 2.86. The number of benzene rings is 4. The molecular weight excluding hydrogens is 417 g/mol. The van der Waals surface area contributed by atoms with Crippen molar-refractivity contribution in [3.05, 3.63) is 125 Å². The van der Waals surface area contributed by atoms with Crippen LogP contribution in [0.2, 0.25) is 0 Å². The van der Waals surface area contributed by atoms with Gasteiger partial charge in [0.05, 0.1) is 18.2 Å². The summed E-state index contributed by atoms with van der Waals surface area (Å²) in [6.45, 7) is 0. The molecule has 0 N–H and O–H groups in total. The van der Waals surface area contributed by atoms with Crippen molar-refractivity contribution < 1.29 is 9.66 Å². The van der Waals surface area contributed by atoms with E-state index in [0.717, 1.165) is 18.1 Å². The maximum atomic E-state index is 11.5. The predicted octanol–water partition coefficient (Wildman–Crippen LogP) is 5.14. The minimum absolute atomic E-state index is 0.00747. The molecule has 4 nitrogen and oxygen atoms in total.